The third-order valence-corrected chi connectivity index (χ3v) is 3.60. The number of amides is 1. The predicted octanol–water partition coefficient (Wildman–Crippen LogP) is 3.06. The van der Waals surface area contributed by atoms with Crippen LogP contribution in [0.15, 0.2) is 30.3 Å². The smallest absolute Gasteiger partial charge is 0.407 e. The van der Waals surface area contributed by atoms with Gasteiger partial charge in [0.05, 0.1) is 13.2 Å². The van der Waals surface area contributed by atoms with Crippen molar-refractivity contribution in [3.63, 3.8) is 0 Å². The van der Waals surface area contributed by atoms with E-state index < -0.39 is 6.09 Å². The molecule has 0 aliphatic rings. The Balaban J connectivity index is 2.17. The third kappa shape index (κ3) is 4.55. The van der Waals surface area contributed by atoms with Gasteiger partial charge >= 0.3 is 6.09 Å². The van der Waals surface area contributed by atoms with Gasteiger partial charge in [0.1, 0.15) is 5.82 Å². The largest absolute Gasteiger partial charge is 0.453 e. The average molecular weight is 316 g/mol. The molecule has 6 nitrogen and oxygen atoms in total. The monoisotopic (exact) mass is 316 g/mol. The molecule has 1 heterocycles. The quantitative estimate of drug-likeness (QED) is 0.889. The lowest BCUT2D eigenvalue weighted by atomic mass is 10.1. The number of methoxy groups -OCH3 is 1. The van der Waals surface area contributed by atoms with Crippen molar-refractivity contribution < 1.29 is 9.53 Å². The van der Waals surface area contributed by atoms with Crippen molar-refractivity contribution in [3.05, 3.63) is 47.5 Å². The first kappa shape index (κ1) is 17.0. The minimum atomic E-state index is -0.471. The maximum absolute atomic E-state index is 11.4. The molecule has 0 aliphatic carbocycles. The van der Waals surface area contributed by atoms with Crippen molar-refractivity contribution in [3.8, 4) is 0 Å². The summed E-state index contributed by atoms with van der Waals surface area (Å²) in [7, 11) is 1.35. The number of aromatic nitrogens is 3. The third-order valence-electron chi connectivity index (χ3n) is 3.60. The van der Waals surface area contributed by atoms with Gasteiger partial charge in [-0.1, -0.05) is 44.2 Å². The van der Waals surface area contributed by atoms with Crippen molar-refractivity contribution in [1.82, 2.24) is 20.1 Å². The first-order valence-corrected chi connectivity index (χ1v) is 7.84. The van der Waals surface area contributed by atoms with Crippen LogP contribution in [0, 0.1) is 0 Å². The van der Waals surface area contributed by atoms with Gasteiger partial charge < -0.3 is 10.1 Å². The van der Waals surface area contributed by atoms with Crippen molar-refractivity contribution in [1.29, 1.82) is 0 Å². The molecular formula is C17H24N4O2. The Kier molecular flexibility index (Phi) is 5.73. The Labute approximate surface area is 136 Å². The van der Waals surface area contributed by atoms with Crippen LogP contribution in [0.1, 0.15) is 49.9 Å². The number of nitrogens with one attached hydrogen (secondary N) is 1. The van der Waals surface area contributed by atoms with Crippen LogP contribution in [0.3, 0.4) is 0 Å². The highest BCUT2D eigenvalue weighted by Crippen LogP contribution is 2.16. The summed E-state index contributed by atoms with van der Waals surface area (Å²) in [5, 5.41) is 7.34. The molecule has 0 radical (unpaired) electrons. The second-order valence-corrected chi connectivity index (χ2v) is 5.80. The molecule has 0 saturated heterocycles. The normalized spacial score (nSPS) is 12.2. The molecule has 0 aliphatic heterocycles. The highest BCUT2D eigenvalue weighted by atomic mass is 16.5. The van der Waals surface area contributed by atoms with Gasteiger partial charge in [-0.25, -0.2) is 14.5 Å². The number of alkyl carbamates (subject to hydrolysis) is 1. The van der Waals surface area contributed by atoms with E-state index in [1.165, 1.54) is 12.7 Å². The zero-order valence-corrected chi connectivity index (χ0v) is 14.1. The fraction of sp³-hybridized carbons (Fsp3) is 0.471. The van der Waals surface area contributed by atoms with E-state index in [1.54, 1.807) is 0 Å². The van der Waals surface area contributed by atoms with Gasteiger partial charge in [0, 0.05) is 12.5 Å². The molecule has 2 aromatic rings. The maximum atomic E-state index is 11.4. The molecule has 0 bridgehead atoms. The van der Waals surface area contributed by atoms with E-state index >= 15 is 0 Å². The van der Waals surface area contributed by atoms with E-state index in [-0.39, 0.29) is 12.0 Å². The molecule has 1 atom stereocenters. The topological polar surface area (TPSA) is 69.0 Å². The minimum Gasteiger partial charge on any atom is -0.453 e. The Morgan fingerprint density at radius 1 is 1.26 bits per heavy atom. The summed E-state index contributed by atoms with van der Waals surface area (Å²) in [5.74, 6) is 1.76. The van der Waals surface area contributed by atoms with Gasteiger partial charge in [-0.05, 0) is 18.9 Å². The van der Waals surface area contributed by atoms with E-state index in [0.717, 1.165) is 18.1 Å². The molecule has 2 rings (SSSR count). The molecule has 0 spiro atoms. The Bertz CT molecular complexity index is 637. The zero-order chi connectivity index (χ0) is 16.8. The molecule has 0 fully saturated rings. The van der Waals surface area contributed by atoms with E-state index in [2.05, 4.69) is 46.1 Å². The molecule has 124 valence electrons. The predicted molar refractivity (Wildman–Crippen MR) is 88.2 cm³/mol. The molecule has 1 aromatic heterocycles. The molecule has 1 amide bonds. The molecule has 1 aromatic carbocycles. The molecule has 1 N–H and O–H groups in total. The van der Waals surface area contributed by atoms with Crippen molar-refractivity contribution in [2.45, 2.75) is 45.7 Å². The standard InChI is InChI=1S/C17H24N4O2/c1-12(2)15-19-16(13(3)18-17(22)23-4)21(20-15)11-10-14-8-6-5-7-9-14/h5-9,12-13H,10-11H2,1-4H3,(H,18,22). The van der Waals surface area contributed by atoms with Crippen LogP contribution >= 0.6 is 0 Å². The molecule has 1 unspecified atom stereocenters. The van der Waals surface area contributed by atoms with Crippen LogP contribution < -0.4 is 5.32 Å². The molecular weight excluding hydrogens is 292 g/mol. The van der Waals surface area contributed by atoms with Gasteiger partial charge in [-0.2, -0.15) is 5.10 Å². The van der Waals surface area contributed by atoms with Gasteiger partial charge in [0.2, 0.25) is 0 Å². The van der Waals surface area contributed by atoms with Crippen LogP contribution in [0.2, 0.25) is 0 Å². The Morgan fingerprint density at radius 3 is 2.57 bits per heavy atom. The first-order chi connectivity index (χ1) is 11.0. The van der Waals surface area contributed by atoms with Crippen molar-refractivity contribution in [2.24, 2.45) is 0 Å². The maximum Gasteiger partial charge on any atom is 0.407 e. The number of ether oxygens (including phenoxy) is 1. The number of carbonyl (C=O) groups excluding carboxylic acids is 1. The zero-order valence-electron chi connectivity index (χ0n) is 14.1. The molecule has 23 heavy (non-hydrogen) atoms. The number of rotatable bonds is 6. The van der Waals surface area contributed by atoms with E-state index in [1.807, 2.05) is 29.8 Å². The molecule has 6 heteroatoms. The summed E-state index contributed by atoms with van der Waals surface area (Å²) in [6.07, 6.45) is 0.390. The summed E-state index contributed by atoms with van der Waals surface area (Å²) >= 11 is 0. The summed E-state index contributed by atoms with van der Waals surface area (Å²) in [4.78, 5) is 16.0. The Morgan fingerprint density at radius 2 is 1.96 bits per heavy atom. The van der Waals surface area contributed by atoms with Crippen LogP contribution in [0.4, 0.5) is 4.79 Å². The summed E-state index contributed by atoms with van der Waals surface area (Å²) in [5.41, 5.74) is 1.24. The number of aryl methyl sites for hydroxylation is 2. The first-order valence-electron chi connectivity index (χ1n) is 7.84. The Hall–Kier alpha value is -2.37. The highest BCUT2D eigenvalue weighted by molar-refractivity contribution is 5.67. The summed E-state index contributed by atoms with van der Waals surface area (Å²) < 4.78 is 6.54. The van der Waals surface area contributed by atoms with Crippen molar-refractivity contribution in [2.75, 3.05) is 7.11 Å². The van der Waals surface area contributed by atoms with Crippen LogP contribution in [-0.4, -0.2) is 28.0 Å². The van der Waals surface area contributed by atoms with Crippen LogP contribution in [0.25, 0.3) is 0 Å². The number of hydrogen-bond donors (Lipinski definition) is 1. The summed E-state index contributed by atoms with van der Waals surface area (Å²) in [6.45, 7) is 6.70. The SMILES string of the molecule is COC(=O)NC(C)c1nc(C(C)C)nn1CCc1ccccc1. The lowest BCUT2D eigenvalue weighted by molar-refractivity contribution is 0.166. The fourth-order valence-electron chi connectivity index (χ4n) is 2.28. The van der Waals surface area contributed by atoms with Gasteiger partial charge in [0.15, 0.2) is 5.82 Å². The fourth-order valence-corrected chi connectivity index (χ4v) is 2.28. The van der Waals surface area contributed by atoms with Crippen LogP contribution in [0.5, 0.6) is 0 Å². The lowest BCUT2D eigenvalue weighted by Gasteiger charge is -2.13. The van der Waals surface area contributed by atoms with E-state index in [4.69, 9.17) is 0 Å². The summed E-state index contributed by atoms with van der Waals surface area (Å²) in [6, 6.07) is 9.98. The number of hydrogen-bond acceptors (Lipinski definition) is 4. The number of carbonyl (C=O) groups is 1. The minimum absolute atomic E-state index is 0.233. The van der Waals surface area contributed by atoms with E-state index in [9.17, 15) is 4.79 Å². The second kappa shape index (κ2) is 7.76. The van der Waals surface area contributed by atoms with Gasteiger partial charge in [-0.15, -0.1) is 0 Å². The molecule has 0 saturated carbocycles. The van der Waals surface area contributed by atoms with Crippen LogP contribution in [-0.2, 0) is 17.7 Å². The van der Waals surface area contributed by atoms with Gasteiger partial charge in [-0.3, -0.25) is 0 Å². The average Bonchev–Trinajstić information content (AvgIpc) is 2.98. The number of nitrogens with zero attached hydrogens (tertiary/aromatic N) is 3. The number of benzene rings is 1. The van der Waals surface area contributed by atoms with Gasteiger partial charge in [0.25, 0.3) is 0 Å². The highest BCUT2D eigenvalue weighted by Gasteiger charge is 2.19. The second-order valence-electron chi connectivity index (χ2n) is 5.80. The lowest BCUT2D eigenvalue weighted by Crippen LogP contribution is -2.28. The van der Waals surface area contributed by atoms with E-state index in [0.29, 0.717) is 6.54 Å². The van der Waals surface area contributed by atoms with Crippen molar-refractivity contribution >= 4 is 6.09 Å².